The summed E-state index contributed by atoms with van der Waals surface area (Å²) in [5.41, 5.74) is 5.93. The highest BCUT2D eigenvalue weighted by atomic mass is 19.1. The predicted octanol–water partition coefficient (Wildman–Crippen LogP) is 2.63. The average molecular weight is 308 g/mol. The second-order valence-corrected chi connectivity index (χ2v) is 6.69. The highest BCUT2D eigenvalue weighted by molar-refractivity contribution is 5.89. The van der Waals surface area contributed by atoms with E-state index in [1.807, 2.05) is 4.90 Å². The lowest BCUT2D eigenvalue weighted by atomic mass is 9.91. The molecule has 1 saturated heterocycles. The molecule has 120 valence electrons. The van der Waals surface area contributed by atoms with Gasteiger partial charge in [-0.05, 0) is 56.1 Å². The molecule has 1 aliphatic heterocycles. The van der Waals surface area contributed by atoms with E-state index >= 15 is 0 Å². The summed E-state index contributed by atoms with van der Waals surface area (Å²) < 4.78 is 26.6. The Hall–Kier alpha value is -1.49. The molecule has 5 heteroatoms. The van der Waals surface area contributed by atoms with E-state index in [-0.39, 0.29) is 5.91 Å². The molecule has 1 atom stereocenters. The first-order valence-corrected chi connectivity index (χ1v) is 8.00. The largest absolute Gasteiger partial charge is 0.341 e. The first kappa shape index (κ1) is 15.4. The first-order valence-electron chi connectivity index (χ1n) is 8.00. The quantitative estimate of drug-likeness (QED) is 0.929. The minimum atomic E-state index is -0.606. The molecule has 0 radical (unpaired) electrons. The fourth-order valence-corrected chi connectivity index (χ4v) is 3.23. The zero-order valence-electron chi connectivity index (χ0n) is 12.7. The average Bonchev–Trinajstić information content (AvgIpc) is 3.25. The maximum absolute atomic E-state index is 13.7. The predicted molar refractivity (Wildman–Crippen MR) is 80.1 cm³/mol. The molecule has 0 bridgehead atoms. The zero-order valence-corrected chi connectivity index (χ0v) is 12.7. The van der Waals surface area contributed by atoms with Gasteiger partial charge in [-0.3, -0.25) is 4.79 Å². The molecule has 1 amide bonds. The van der Waals surface area contributed by atoms with Gasteiger partial charge in [0.15, 0.2) is 0 Å². The smallest absolute Gasteiger partial charge is 0.242 e. The summed E-state index contributed by atoms with van der Waals surface area (Å²) in [7, 11) is 0. The molecular formula is C17H22F2N2O. The summed E-state index contributed by atoms with van der Waals surface area (Å²) in [6, 6.07) is 3.73. The first-order chi connectivity index (χ1) is 10.5. The number of likely N-dealkylation sites (tertiary alicyclic amines) is 1. The monoisotopic (exact) mass is 308 g/mol. The van der Waals surface area contributed by atoms with E-state index in [9.17, 15) is 13.6 Å². The highest BCUT2D eigenvalue weighted by Gasteiger charge is 2.48. The van der Waals surface area contributed by atoms with Crippen LogP contribution in [0.3, 0.4) is 0 Å². The van der Waals surface area contributed by atoms with Gasteiger partial charge < -0.3 is 10.6 Å². The van der Waals surface area contributed by atoms with Gasteiger partial charge in [0, 0.05) is 19.2 Å². The number of hydrogen-bond acceptors (Lipinski definition) is 2. The molecule has 1 saturated carbocycles. The van der Waals surface area contributed by atoms with Crippen LogP contribution < -0.4 is 5.73 Å². The summed E-state index contributed by atoms with van der Waals surface area (Å²) >= 11 is 0. The standard InChI is InChI=1S/C17H22F2N2O/c18-14-6-5-13(15(19)10-14)4-3-12-2-1-9-21(11-12)16(22)17(20)7-8-17/h5-6,10,12H,1-4,7-9,11,20H2/t12-/m1/s1. The Bertz CT molecular complexity index is 572. The van der Waals surface area contributed by atoms with Crippen molar-refractivity contribution in [1.82, 2.24) is 4.90 Å². The molecule has 1 aliphatic carbocycles. The third-order valence-electron chi connectivity index (χ3n) is 4.86. The molecule has 0 aromatic heterocycles. The van der Waals surface area contributed by atoms with E-state index in [2.05, 4.69) is 0 Å². The van der Waals surface area contributed by atoms with Crippen molar-refractivity contribution in [3.05, 3.63) is 35.4 Å². The van der Waals surface area contributed by atoms with Gasteiger partial charge in [0.2, 0.25) is 5.91 Å². The number of aryl methyl sites for hydroxylation is 1. The number of carbonyl (C=O) groups is 1. The lowest BCUT2D eigenvalue weighted by Gasteiger charge is -2.34. The van der Waals surface area contributed by atoms with Crippen molar-refractivity contribution < 1.29 is 13.6 Å². The number of halogens is 2. The molecule has 3 nitrogen and oxygen atoms in total. The van der Waals surface area contributed by atoms with E-state index in [1.54, 1.807) is 0 Å². The highest BCUT2D eigenvalue weighted by Crippen LogP contribution is 2.35. The Morgan fingerprint density at radius 1 is 1.36 bits per heavy atom. The molecule has 1 aromatic rings. The van der Waals surface area contributed by atoms with Gasteiger partial charge in [-0.25, -0.2) is 8.78 Å². The van der Waals surface area contributed by atoms with E-state index in [1.165, 1.54) is 12.1 Å². The van der Waals surface area contributed by atoms with Crippen molar-refractivity contribution in [3.8, 4) is 0 Å². The van der Waals surface area contributed by atoms with Crippen molar-refractivity contribution in [2.24, 2.45) is 11.7 Å². The van der Waals surface area contributed by atoms with Crippen LogP contribution >= 0.6 is 0 Å². The van der Waals surface area contributed by atoms with E-state index < -0.39 is 17.2 Å². The number of nitrogens with zero attached hydrogens (tertiary/aromatic N) is 1. The van der Waals surface area contributed by atoms with Crippen LogP contribution in [0.5, 0.6) is 0 Å². The van der Waals surface area contributed by atoms with Gasteiger partial charge in [-0.2, -0.15) is 0 Å². The Labute approximate surface area is 129 Å². The van der Waals surface area contributed by atoms with Crippen LogP contribution in [0.1, 0.15) is 37.7 Å². The Kier molecular flexibility index (Phi) is 4.17. The topological polar surface area (TPSA) is 46.3 Å². The van der Waals surface area contributed by atoms with Gasteiger partial charge >= 0.3 is 0 Å². The molecule has 2 N–H and O–H groups in total. The van der Waals surface area contributed by atoms with Crippen LogP contribution in [0.2, 0.25) is 0 Å². The van der Waals surface area contributed by atoms with Gasteiger partial charge in [-0.15, -0.1) is 0 Å². The minimum absolute atomic E-state index is 0.0742. The van der Waals surface area contributed by atoms with Gasteiger partial charge in [-0.1, -0.05) is 6.07 Å². The van der Waals surface area contributed by atoms with Gasteiger partial charge in [0.25, 0.3) is 0 Å². The molecule has 1 aromatic carbocycles. The number of amides is 1. The number of carbonyl (C=O) groups excluding carboxylic acids is 1. The van der Waals surface area contributed by atoms with E-state index in [4.69, 9.17) is 5.73 Å². The van der Waals surface area contributed by atoms with Crippen LogP contribution in [0.4, 0.5) is 8.78 Å². The number of rotatable bonds is 4. The number of hydrogen-bond donors (Lipinski definition) is 1. The summed E-state index contributed by atoms with van der Waals surface area (Å²) in [5.74, 6) is -0.592. The summed E-state index contributed by atoms with van der Waals surface area (Å²) in [5, 5.41) is 0. The fraction of sp³-hybridized carbons (Fsp3) is 0.588. The molecule has 3 rings (SSSR count). The normalized spacial score (nSPS) is 23.4. The molecular weight excluding hydrogens is 286 g/mol. The third kappa shape index (κ3) is 3.29. The maximum atomic E-state index is 13.7. The van der Waals surface area contributed by atoms with Crippen molar-refractivity contribution in [2.75, 3.05) is 13.1 Å². The third-order valence-corrected chi connectivity index (χ3v) is 4.86. The van der Waals surface area contributed by atoms with Crippen molar-refractivity contribution in [2.45, 2.75) is 44.1 Å². The minimum Gasteiger partial charge on any atom is -0.341 e. The number of piperidine rings is 1. The van der Waals surface area contributed by atoms with Gasteiger partial charge in [0.05, 0.1) is 5.54 Å². The molecule has 0 spiro atoms. The van der Waals surface area contributed by atoms with Crippen LogP contribution in [0.15, 0.2) is 18.2 Å². The van der Waals surface area contributed by atoms with Crippen molar-refractivity contribution in [3.63, 3.8) is 0 Å². The molecule has 0 unspecified atom stereocenters. The van der Waals surface area contributed by atoms with Crippen LogP contribution in [-0.4, -0.2) is 29.4 Å². The Balaban J connectivity index is 1.55. The van der Waals surface area contributed by atoms with Crippen LogP contribution in [0.25, 0.3) is 0 Å². The molecule has 2 aliphatic rings. The van der Waals surface area contributed by atoms with E-state index in [0.717, 1.165) is 44.7 Å². The number of nitrogens with two attached hydrogens (primary N) is 1. The van der Waals surface area contributed by atoms with Gasteiger partial charge in [0.1, 0.15) is 11.6 Å². The molecule has 2 fully saturated rings. The second-order valence-electron chi connectivity index (χ2n) is 6.69. The van der Waals surface area contributed by atoms with Crippen molar-refractivity contribution in [1.29, 1.82) is 0 Å². The zero-order chi connectivity index (χ0) is 15.7. The van der Waals surface area contributed by atoms with Crippen LogP contribution in [0, 0.1) is 17.6 Å². The maximum Gasteiger partial charge on any atom is 0.242 e. The molecule has 22 heavy (non-hydrogen) atoms. The second kappa shape index (κ2) is 5.95. The molecule has 1 heterocycles. The van der Waals surface area contributed by atoms with E-state index in [0.29, 0.717) is 24.4 Å². The van der Waals surface area contributed by atoms with Crippen LogP contribution in [-0.2, 0) is 11.2 Å². The fourth-order valence-electron chi connectivity index (χ4n) is 3.23. The Morgan fingerprint density at radius 3 is 2.82 bits per heavy atom. The summed E-state index contributed by atoms with van der Waals surface area (Å²) in [4.78, 5) is 14.2. The Morgan fingerprint density at radius 2 is 2.14 bits per heavy atom. The SMILES string of the molecule is NC1(C(=O)N2CCC[C@H](CCc3ccc(F)cc3F)C2)CC1. The number of benzene rings is 1. The summed E-state index contributed by atoms with van der Waals surface area (Å²) in [6.45, 7) is 1.49. The summed E-state index contributed by atoms with van der Waals surface area (Å²) in [6.07, 6.45) is 4.97. The lowest BCUT2D eigenvalue weighted by molar-refractivity contribution is -0.135. The van der Waals surface area contributed by atoms with Crippen molar-refractivity contribution >= 4 is 5.91 Å². The lowest BCUT2D eigenvalue weighted by Crippen LogP contribution is -2.49.